The number of carbonyl (C=O) groups is 3. The molecule has 4 rings (SSSR count). The summed E-state index contributed by atoms with van der Waals surface area (Å²) in [5.74, 6) is -4.35. The van der Waals surface area contributed by atoms with Crippen molar-refractivity contribution in [2.24, 2.45) is 0 Å². The zero-order valence-corrected chi connectivity index (χ0v) is 17.9. The van der Waals surface area contributed by atoms with Gasteiger partial charge in [0.15, 0.2) is 11.4 Å². The van der Waals surface area contributed by atoms with Crippen molar-refractivity contribution in [2.45, 2.75) is 38.9 Å². The van der Waals surface area contributed by atoms with Gasteiger partial charge >= 0.3 is 0 Å². The fourth-order valence-electron chi connectivity index (χ4n) is 4.55. The van der Waals surface area contributed by atoms with Crippen molar-refractivity contribution < 1.29 is 28.3 Å². The molecular formula is C22H22F2N4O5. The molecule has 0 bridgehead atoms. The lowest BCUT2D eigenvalue weighted by Crippen LogP contribution is -2.44. The van der Waals surface area contributed by atoms with Crippen LogP contribution in [0.2, 0.25) is 0 Å². The van der Waals surface area contributed by atoms with Gasteiger partial charge in [0, 0.05) is 38.2 Å². The first-order chi connectivity index (χ1) is 15.6. The highest BCUT2D eigenvalue weighted by atomic mass is 19.1. The third-order valence-corrected chi connectivity index (χ3v) is 5.99. The third-order valence-electron chi connectivity index (χ3n) is 5.99. The minimum atomic E-state index is -1.06. The molecule has 33 heavy (non-hydrogen) atoms. The van der Waals surface area contributed by atoms with Crippen molar-refractivity contribution in [1.82, 2.24) is 20.1 Å². The molecule has 0 fully saturated rings. The maximum Gasteiger partial charge on any atom is 0.274 e. The number of nitrogens with one attached hydrogen (secondary N) is 2. The SMILES string of the molecule is CCN1C[C@@H]2C[C@@H](NC(C)=O)c3c(C(=O)NCc4ccc(F)cc4F)c(=O)c(O)c(n32)C1=O. The average Bonchev–Trinajstić information content (AvgIpc) is 3.08. The number of halogens is 2. The van der Waals surface area contributed by atoms with E-state index in [1.54, 1.807) is 6.92 Å². The van der Waals surface area contributed by atoms with E-state index >= 15 is 0 Å². The Morgan fingerprint density at radius 2 is 1.97 bits per heavy atom. The van der Waals surface area contributed by atoms with Crippen LogP contribution in [-0.2, 0) is 11.3 Å². The Balaban J connectivity index is 1.80. The molecule has 174 valence electrons. The number of aromatic nitrogens is 1. The molecule has 1 aromatic carbocycles. The fourth-order valence-corrected chi connectivity index (χ4v) is 4.55. The van der Waals surface area contributed by atoms with Crippen LogP contribution in [0.4, 0.5) is 8.78 Å². The number of amides is 3. The number of hydrogen-bond acceptors (Lipinski definition) is 5. The number of likely N-dealkylation sites (N-methyl/N-ethyl adjacent to an activating group) is 1. The average molecular weight is 460 g/mol. The van der Waals surface area contributed by atoms with Gasteiger partial charge in [-0.25, -0.2) is 8.78 Å². The van der Waals surface area contributed by atoms with Crippen LogP contribution >= 0.6 is 0 Å². The molecule has 9 nitrogen and oxygen atoms in total. The van der Waals surface area contributed by atoms with E-state index < -0.39 is 52.1 Å². The van der Waals surface area contributed by atoms with Crippen LogP contribution in [0.25, 0.3) is 0 Å². The number of hydrogen-bond donors (Lipinski definition) is 3. The lowest BCUT2D eigenvalue weighted by atomic mass is 10.0. The highest BCUT2D eigenvalue weighted by Crippen LogP contribution is 2.42. The van der Waals surface area contributed by atoms with E-state index in [1.165, 1.54) is 16.4 Å². The Morgan fingerprint density at radius 1 is 1.24 bits per heavy atom. The predicted molar refractivity (Wildman–Crippen MR) is 112 cm³/mol. The summed E-state index contributed by atoms with van der Waals surface area (Å²) in [5, 5.41) is 15.7. The Kier molecular flexibility index (Phi) is 5.64. The van der Waals surface area contributed by atoms with Gasteiger partial charge in [-0.1, -0.05) is 6.07 Å². The van der Waals surface area contributed by atoms with Crippen LogP contribution in [-0.4, -0.2) is 45.4 Å². The standard InChI is InChI=1S/C22H22F2N4O5/c1-3-27-9-13-7-15(26-10(2)29)17-16(19(30)20(31)18(22(27)33)28(13)17)21(32)25-8-11-4-5-12(23)6-14(11)24/h4-6,13,15,31H,3,7-9H2,1-2H3,(H,25,32)(H,26,29)/t13-,15+/m0/s1. The molecule has 3 amide bonds. The van der Waals surface area contributed by atoms with Crippen molar-refractivity contribution in [3.05, 3.63) is 62.6 Å². The minimum Gasteiger partial charge on any atom is -0.503 e. The lowest BCUT2D eigenvalue weighted by Gasteiger charge is -2.33. The summed E-state index contributed by atoms with van der Waals surface area (Å²) in [4.78, 5) is 52.3. The fraction of sp³-hybridized carbons (Fsp3) is 0.364. The summed E-state index contributed by atoms with van der Waals surface area (Å²) in [6, 6.07) is 1.76. The number of aromatic hydroxyl groups is 1. The van der Waals surface area contributed by atoms with Gasteiger partial charge in [-0.05, 0) is 19.4 Å². The summed E-state index contributed by atoms with van der Waals surface area (Å²) >= 11 is 0. The number of pyridine rings is 1. The molecule has 0 spiro atoms. The number of benzene rings is 1. The van der Waals surface area contributed by atoms with Gasteiger partial charge in [0.1, 0.15) is 17.2 Å². The van der Waals surface area contributed by atoms with Crippen molar-refractivity contribution in [2.75, 3.05) is 13.1 Å². The normalized spacial score (nSPS) is 18.8. The van der Waals surface area contributed by atoms with Crippen molar-refractivity contribution in [3.63, 3.8) is 0 Å². The minimum absolute atomic E-state index is 0.00601. The molecule has 3 heterocycles. The molecule has 2 aliphatic rings. The first-order valence-corrected chi connectivity index (χ1v) is 10.4. The molecular weight excluding hydrogens is 438 g/mol. The first-order valence-electron chi connectivity index (χ1n) is 10.4. The Morgan fingerprint density at radius 3 is 2.61 bits per heavy atom. The van der Waals surface area contributed by atoms with Crippen LogP contribution in [0.1, 0.15) is 64.5 Å². The van der Waals surface area contributed by atoms with E-state index in [4.69, 9.17) is 0 Å². The van der Waals surface area contributed by atoms with Crippen molar-refractivity contribution in [1.29, 1.82) is 0 Å². The Hall–Kier alpha value is -3.76. The molecule has 2 aromatic rings. The van der Waals surface area contributed by atoms with Gasteiger partial charge in [-0.15, -0.1) is 0 Å². The van der Waals surface area contributed by atoms with E-state index in [2.05, 4.69) is 10.6 Å². The summed E-state index contributed by atoms with van der Waals surface area (Å²) < 4.78 is 28.6. The second kappa shape index (κ2) is 8.30. The second-order valence-electron chi connectivity index (χ2n) is 8.06. The molecule has 0 radical (unpaired) electrons. The lowest BCUT2D eigenvalue weighted by molar-refractivity contribution is -0.119. The molecule has 0 aliphatic carbocycles. The van der Waals surface area contributed by atoms with Gasteiger partial charge in [0.25, 0.3) is 11.8 Å². The predicted octanol–water partition coefficient (Wildman–Crippen LogP) is 1.36. The quantitative estimate of drug-likeness (QED) is 0.622. The third kappa shape index (κ3) is 3.73. The number of rotatable bonds is 5. The van der Waals surface area contributed by atoms with Gasteiger partial charge in [-0.2, -0.15) is 0 Å². The number of carbonyl (C=O) groups excluding carboxylic acids is 3. The summed E-state index contributed by atoms with van der Waals surface area (Å²) in [6.07, 6.45) is 0.312. The van der Waals surface area contributed by atoms with Gasteiger partial charge < -0.3 is 25.2 Å². The van der Waals surface area contributed by atoms with Crippen LogP contribution in [0, 0.1) is 11.6 Å². The maximum absolute atomic E-state index is 14.0. The Bertz CT molecular complexity index is 1240. The van der Waals surface area contributed by atoms with E-state index in [0.29, 0.717) is 19.0 Å². The molecule has 2 aliphatic heterocycles. The van der Waals surface area contributed by atoms with Gasteiger partial charge in [0.2, 0.25) is 11.3 Å². The topological polar surface area (TPSA) is 121 Å². The van der Waals surface area contributed by atoms with Gasteiger partial charge in [-0.3, -0.25) is 19.2 Å². The monoisotopic (exact) mass is 460 g/mol. The first kappa shape index (κ1) is 22.4. The zero-order valence-electron chi connectivity index (χ0n) is 17.9. The van der Waals surface area contributed by atoms with E-state index in [1.807, 2.05) is 0 Å². The molecule has 2 atom stereocenters. The Labute approximate surface area is 187 Å². The largest absolute Gasteiger partial charge is 0.503 e. The molecule has 0 saturated heterocycles. The zero-order chi connectivity index (χ0) is 24.0. The van der Waals surface area contributed by atoms with Crippen molar-refractivity contribution in [3.8, 4) is 5.75 Å². The van der Waals surface area contributed by atoms with Crippen LogP contribution in [0.15, 0.2) is 23.0 Å². The second-order valence-corrected chi connectivity index (χ2v) is 8.06. The van der Waals surface area contributed by atoms with Gasteiger partial charge in [0.05, 0.1) is 17.8 Å². The maximum atomic E-state index is 14.0. The molecule has 11 heteroatoms. The van der Waals surface area contributed by atoms with Crippen LogP contribution in [0.5, 0.6) is 5.75 Å². The van der Waals surface area contributed by atoms with Crippen LogP contribution in [0.3, 0.4) is 0 Å². The molecule has 1 aromatic heterocycles. The van der Waals surface area contributed by atoms with E-state index in [-0.39, 0.29) is 36.1 Å². The number of nitrogens with zero attached hydrogens (tertiary/aromatic N) is 2. The molecule has 0 unspecified atom stereocenters. The summed E-state index contributed by atoms with van der Waals surface area (Å²) in [5.41, 5.74) is -1.60. The van der Waals surface area contributed by atoms with E-state index in [0.717, 1.165) is 12.1 Å². The van der Waals surface area contributed by atoms with Crippen LogP contribution < -0.4 is 16.1 Å². The summed E-state index contributed by atoms with van der Waals surface area (Å²) in [6.45, 7) is 3.35. The summed E-state index contributed by atoms with van der Waals surface area (Å²) in [7, 11) is 0. The highest BCUT2D eigenvalue weighted by molar-refractivity contribution is 6.00. The molecule has 0 saturated carbocycles. The smallest absolute Gasteiger partial charge is 0.274 e. The highest BCUT2D eigenvalue weighted by Gasteiger charge is 2.45. The van der Waals surface area contributed by atoms with Crippen molar-refractivity contribution >= 4 is 17.7 Å². The van der Waals surface area contributed by atoms with E-state index in [9.17, 15) is 33.1 Å². The molecule has 3 N–H and O–H groups in total.